The number of fused-ring (bicyclic) bond motifs is 3. The highest BCUT2D eigenvalue weighted by Crippen LogP contribution is 2.34. The maximum absolute atomic E-state index is 4.71. The van der Waals surface area contributed by atoms with Gasteiger partial charge in [0.1, 0.15) is 0 Å². The van der Waals surface area contributed by atoms with Gasteiger partial charge in [-0.25, -0.2) is 0 Å². The molecule has 0 spiro atoms. The summed E-state index contributed by atoms with van der Waals surface area (Å²) < 4.78 is 0. The zero-order chi connectivity index (χ0) is 16.0. The van der Waals surface area contributed by atoms with Gasteiger partial charge in [0.2, 0.25) is 0 Å². The summed E-state index contributed by atoms with van der Waals surface area (Å²) in [5, 5.41) is 1.30. The number of allylic oxidation sites excluding steroid dienone is 3. The predicted molar refractivity (Wildman–Crippen MR) is 97.4 cm³/mol. The van der Waals surface area contributed by atoms with E-state index in [0.717, 1.165) is 31.3 Å². The summed E-state index contributed by atoms with van der Waals surface area (Å²) in [6.07, 6.45) is 11.8. The number of hydrogen-bond acceptors (Lipinski definition) is 2. The van der Waals surface area contributed by atoms with Crippen LogP contribution in [0.4, 0.5) is 0 Å². The van der Waals surface area contributed by atoms with Crippen LogP contribution in [0.3, 0.4) is 0 Å². The quantitative estimate of drug-likeness (QED) is 0.769. The van der Waals surface area contributed by atoms with Gasteiger partial charge in [-0.1, -0.05) is 31.2 Å². The Kier molecular flexibility index (Phi) is 3.33. The Morgan fingerprint density at radius 3 is 2.91 bits per heavy atom. The fourth-order valence-corrected chi connectivity index (χ4v) is 3.72. The topological polar surface area (TPSA) is 16.1 Å². The highest BCUT2D eigenvalue weighted by atomic mass is 15.1. The van der Waals surface area contributed by atoms with Crippen LogP contribution in [0.5, 0.6) is 0 Å². The molecule has 1 aliphatic carbocycles. The van der Waals surface area contributed by atoms with Gasteiger partial charge in [0.15, 0.2) is 0 Å². The van der Waals surface area contributed by atoms with Gasteiger partial charge in [-0.3, -0.25) is 4.98 Å². The number of hydrogen-bond donors (Lipinski definition) is 0. The SMILES string of the molecule is C=C1Cc2cnc3cc(CC)c(C4=CN(C)CC=C4)cc3c2C1. The maximum atomic E-state index is 4.71. The van der Waals surface area contributed by atoms with Gasteiger partial charge >= 0.3 is 0 Å². The van der Waals surface area contributed by atoms with Crippen LogP contribution in [-0.4, -0.2) is 23.5 Å². The first kappa shape index (κ1) is 14.3. The van der Waals surface area contributed by atoms with E-state index in [1.807, 2.05) is 6.20 Å². The summed E-state index contributed by atoms with van der Waals surface area (Å²) in [7, 11) is 2.12. The van der Waals surface area contributed by atoms with E-state index in [-0.39, 0.29) is 0 Å². The number of pyridine rings is 1. The summed E-state index contributed by atoms with van der Waals surface area (Å²) in [6, 6.07) is 4.63. The van der Waals surface area contributed by atoms with Gasteiger partial charge in [0, 0.05) is 31.4 Å². The molecule has 0 unspecified atom stereocenters. The zero-order valence-electron chi connectivity index (χ0n) is 13.9. The molecule has 2 aromatic rings. The number of aromatic nitrogens is 1. The minimum absolute atomic E-state index is 0.981. The van der Waals surface area contributed by atoms with Crippen LogP contribution in [0.15, 0.2) is 48.8 Å². The van der Waals surface area contributed by atoms with Crippen molar-refractivity contribution in [3.8, 4) is 0 Å². The largest absolute Gasteiger partial charge is 0.376 e. The summed E-state index contributed by atoms with van der Waals surface area (Å²) in [5.41, 5.74) is 9.20. The molecular weight excluding hydrogens is 280 g/mol. The van der Waals surface area contributed by atoms with E-state index in [1.54, 1.807) is 0 Å². The van der Waals surface area contributed by atoms with Crippen molar-refractivity contribution in [2.45, 2.75) is 26.2 Å². The van der Waals surface area contributed by atoms with Crippen LogP contribution in [0.1, 0.15) is 29.2 Å². The van der Waals surface area contributed by atoms with Gasteiger partial charge in [-0.15, -0.1) is 0 Å². The van der Waals surface area contributed by atoms with Crippen LogP contribution in [-0.2, 0) is 19.3 Å². The molecule has 0 radical (unpaired) electrons. The first-order valence-electron chi connectivity index (χ1n) is 8.34. The lowest BCUT2D eigenvalue weighted by molar-refractivity contribution is 0.507. The van der Waals surface area contributed by atoms with E-state index in [0.29, 0.717) is 0 Å². The van der Waals surface area contributed by atoms with Crippen LogP contribution in [0.25, 0.3) is 16.5 Å². The first-order chi connectivity index (χ1) is 11.2. The molecule has 0 N–H and O–H groups in total. The molecule has 2 heterocycles. The van der Waals surface area contributed by atoms with Crippen molar-refractivity contribution in [3.63, 3.8) is 0 Å². The van der Waals surface area contributed by atoms with Crippen molar-refractivity contribution in [1.82, 2.24) is 9.88 Å². The summed E-state index contributed by atoms with van der Waals surface area (Å²) in [6.45, 7) is 7.38. The lowest BCUT2D eigenvalue weighted by Crippen LogP contribution is -2.14. The van der Waals surface area contributed by atoms with Gasteiger partial charge in [0.05, 0.1) is 5.52 Å². The molecule has 0 fully saturated rings. The van der Waals surface area contributed by atoms with E-state index in [2.05, 4.69) is 55.9 Å². The Balaban J connectivity index is 1.95. The Bertz CT molecular complexity index is 871. The minimum Gasteiger partial charge on any atom is -0.376 e. The monoisotopic (exact) mass is 302 g/mol. The van der Waals surface area contributed by atoms with Gasteiger partial charge in [0.25, 0.3) is 0 Å². The molecule has 0 saturated carbocycles. The van der Waals surface area contributed by atoms with Crippen molar-refractivity contribution in [2.75, 3.05) is 13.6 Å². The lowest BCUT2D eigenvalue weighted by Gasteiger charge is -2.20. The Labute approximate surface area is 137 Å². The maximum Gasteiger partial charge on any atom is 0.0708 e. The third kappa shape index (κ3) is 2.39. The zero-order valence-corrected chi connectivity index (χ0v) is 13.9. The summed E-state index contributed by atoms with van der Waals surface area (Å²) in [5.74, 6) is 0. The molecule has 1 aromatic carbocycles. The van der Waals surface area contributed by atoms with Gasteiger partial charge < -0.3 is 4.90 Å². The molecule has 0 atom stereocenters. The molecule has 1 aliphatic heterocycles. The fourth-order valence-electron chi connectivity index (χ4n) is 3.72. The van der Waals surface area contributed by atoms with E-state index in [9.17, 15) is 0 Å². The molecule has 0 bridgehead atoms. The molecule has 116 valence electrons. The normalized spacial score (nSPS) is 16.9. The second kappa shape index (κ2) is 5.38. The molecule has 1 aromatic heterocycles. The van der Waals surface area contributed by atoms with E-state index in [1.165, 1.54) is 38.8 Å². The highest BCUT2D eigenvalue weighted by Gasteiger charge is 2.19. The lowest BCUT2D eigenvalue weighted by atomic mass is 9.93. The fraction of sp³-hybridized carbons (Fsp3) is 0.286. The van der Waals surface area contributed by atoms with E-state index >= 15 is 0 Å². The van der Waals surface area contributed by atoms with Crippen molar-refractivity contribution < 1.29 is 0 Å². The average Bonchev–Trinajstić information content (AvgIpc) is 2.94. The number of rotatable bonds is 2. The van der Waals surface area contributed by atoms with Crippen molar-refractivity contribution >= 4 is 16.5 Å². The Morgan fingerprint density at radius 2 is 2.13 bits per heavy atom. The second-order valence-electron chi connectivity index (χ2n) is 6.67. The van der Waals surface area contributed by atoms with Crippen LogP contribution < -0.4 is 0 Å². The third-order valence-corrected chi connectivity index (χ3v) is 4.90. The minimum atomic E-state index is 0.981. The molecular formula is C21H22N2. The summed E-state index contributed by atoms with van der Waals surface area (Å²) in [4.78, 5) is 6.94. The van der Waals surface area contributed by atoms with Crippen molar-refractivity contribution in [2.24, 2.45) is 0 Å². The van der Waals surface area contributed by atoms with E-state index < -0.39 is 0 Å². The average molecular weight is 302 g/mol. The Hall–Kier alpha value is -2.35. The van der Waals surface area contributed by atoms with Crippen molar-refractivity contribution in [1.29, 1.82) is 0 Å². The van der Waals surface area contributed by atoms with E-state index in [4.69, 9.17) is 4.98 Å². The number of aryl methyl sites for hydroxylation is 1. The number of likely N-dealkylation sites (N-methyl/N-ethyl adjacent to an activating group) is 1. The standard InChI is InChI=1S/C21H22N2/c1-4-15-10-21-20(19-9-14(2)8-17(19)12-22-21)11-18(15)16-6-5-7-23(3)13-16/h5-6,10-13H,2,4,7-9H2,1,3H3. The van der Waals surface area contributed by atoms with Crippen molar-refractivity contribution in [3.05, 3.63) is 71.1 Å². The second-order valence-corrected chi connectivity index (χ2v) is 6.67. The molecule has 2 aliphatic rings. The number of benzene rings is 1. The first-order valence-corrected chi connectivity index (χ1v) is 8.34. The highest BCUT2D eigenvalue weighted by molar-refractivity contribution is 5.91. The number of nitrogens with zero attached hydrogens (tertiary/aromatic N) is 2. The summed E-state index contributed by atoms with van der Waals surface area (Å²) >= 11 is 0. The van der Waals surface area contributed by atoms with Crippen LogP contribution in [0.2, 0.25) is 0 Å². The molecule has 2 heteroatoms. The van der Waals surface area contributed by atoms with Gasteiger partial charge in [-0.2, -0.15) is 0 Å². The molecule has 0 saturated heterocycles. The molecule has 0 amide bonds. The third-order valence-electron chi connectivity index (χ3n) is 4.90. The van der Waals surface area contributed by atoms with Crippen LogP contribution >= 0.6 is 0 Å². The van der Waals surface area contributed by atoms with Gasteiger partial charge in [-0.05, 0) is 59.2 Å². The molecule has 2 nitrogen and oxygen atoms in total. The smallest absolute Gasteiger partial charge is 0.0708 e. The molecule has 23 heavy (non-hydrogen) atoms. The Morgan fingerprint density at radius 1 is 1.26 bits per heavy atom. The van der Waals surface area contributed by atoms with Crippen LogP contribution in [0, 0.1) is 0 Å². The molecule has 4 rings (SSSR count). The predicted octanol–water partition coefficient (Wildman–Crippen LogP) is 4.29.